The molecule has 1 atom stereocenters. The number of benzene rings is 1. The zero-order valence-electron chi connectivity index (χ0n) is 11.5. The molecule has 4 heteroatoms. The van der Waals surface area contributed by atoms with Gasteiger partial charge in [0.2, 0.25) is 0 Å². The van der Waals surface area contributed by atoms with E-state index in [2.05, 4.69) is 28.5 Å². The lowest BCUT2D eigenvalue weighted by atomic mass is 10.1. The highest BCUT2D eigenvalue weighted by Gasteiger charge is 2.09. The smallest absolute Gasteiger partial charge is 0.0991 e. The third-order valence-electron chi connectivity index (χ3n) is 3.41. The first-order valence-corrected chi connectivity index (χ1v) is 6.35. The molecule has 0 fully saturated rings. The van der Waals surface area contributed by atoms with Crippen LogP contribution in [0, 0.1) is 25.2 Å². The highest BCUT2D eigenvalue weighted by molar-refractivity contribution is 5.33. The van der Waals surface area contributed by atoms with Crippen molar-refractivity contribution in [3.8, 4) is 6.07 Å². The summed E-state index contributed by atoms with van der Waals surface area (Å²) < 4.78 is 0. The third kappa shape index (κ3) is 3.01. The summed E-state index contributed by atoms with van der Waals surface area (Å²) in [5.74, 6) is 0. The lowest BCUT2D eigenvalue weighted by molar-refractivity contribution is 0.572. The molecule has 1 heterocycles. The van der Waals surface area contributed by atoms with Crippen LogP contribution in [-0.4, -0.2) is 10.2 Å². The van der Waals surface area contributed by atoms with Crippen LogP contribution in [0.1, 0.15) is 41.0 Å². The first-order chi connectivity index (χ1) is 9.11. The van der Waals surface area contributed by atoms with Gasteiger partial charge in [0.15, 0.2) is 0 Å². The van der Waals surface area contributed by atoms with Crippen LogP contribution in [0.4, 0.5) is 0 Å². The van der Waals surface area contributed by atoms with E-state index in [4.69, 9.17) is 5.26 Å². The van der Waals surface area contributed by atoms with Crippen molar-refractivity contribution in [2.75, 3.05) is 0 Å². The number of nitrogens with zero attached hydrogens (tertiary/aromatic N) is 2. The van der Waals surface area contributed by atoms with E-state index in [1.807, 2.05) is 38.1 Å². The van der Waals surface area contributed by atoms with Crippen LogP contribution in [0.25, 0.3) is 0 Å². The van der Waals surface area contributed by atoms with E-state index in [1.165, 1.54) is 11.1 Å². The SMILES string of the molecule is Cc1n[nH]c(C)c1CNC(C)c1ccc(C#N)cc1. The molecule has 4 nitrogen and oxygen atoms in total. The van der Waals surface area contributed by atoms with Crippen LogP contribution in [0.2, 0.25) is 0 Å². The fourth-order valence-corrected chi connectivity index (χ4v) is 2.05. The third-order valence-corrected chi connectivity index (χ3v) is 3.41. The molecule has 0 amide bonds. The number of nitriles is 1. The molecular weight excluding hydrogens is 236 g/mol. The molecular formula is C15H18N4. The lowest BCUT2D eigenvalue weighted by Gasteiger charge is -2.14. The molecule has 1 aromatic carbocycles. The Morgan fingerprint density at radius 1 is 1.32 bits per heavy atom. The summed E-state index contributed by atoms with van der Waals surface area (Å²) in [6.45, 7) is 6.94. The summed E-state index contributed by atoms with van der Waals surface area (Å²) in [6, 6.07) is 10.0. The highest BCUT2D eigenvalue weighted by atomic mass is 15.1. The van der Waals surface area contributed by atoms with Gasteiger partial charge in [0, 0.05) is 23.8 Å². The molecule has 0 saturated carbocycles. The average Bonchev–Trinajstić information content (AvgIpc) is 2.75. The second kappa shape index (κ2) is 5.68. The van der Waals surface area contributed by atoms with Gasteiger partial charge in [-0.25, -0.2) is 0 Å². The first kappa shape index (κ1) is 13.3. The van der Waals surface area contributed by atoms with Crippen molar-refractivity contribution < 1.29 is 0 Å². The quantitative estimate of drug-likeness (QED) is 0.881. The number of aryl methyl sites for hydroxylation is 2. The molecule has 1 aromatic heterocycles. The lowest BCUT2D eigenvalue weighted by Crippen LogP contribution is -2.18. The van der Waals surface area contributed by atoms with Crippen molar-refractivity contribution >= 4 is 0 Å². The van der Waals surface area contributed by atoms with Gasteiger partial charge in [0.1, 0.15) is 0 Å². The predicted octanol–water partition coefficient (Wildman–Crippen LogP) is 2.75. The van der Waals surface area contributed by atoms with E-state index < -0.39 is 0 Å². The summed E-state index contributed by atoms with van der Waals surface area (Å²) in [5, 5.41) is 19.4. The van der Waals surface area contributed by atoms with Gasteiger partial charge in [0.25, 0.3) is 0 Å². The molecule has 2 rings (SSSR count). The standard InChI is InChI=1S/C15H18N4/c1-10(14-6-4-13(8-16)5-7-14)17-9-15-11(2)18-19-12(15)3/h4-7,10,17H,9H2,1-3H3,(H,18,19). The Kier molecular flexibility index (Phi) is 3.98. The van der Waals surface area contributed by atoms with Crippen LogP contribution in [0.3, 0.4) is 0 Å². The number of hydrogen-bond donors (Lipinski definition) is 2. The summed E-state index contributed by atoms with van der Waals surface area (Å²) >= 11 is 0. The number of hydrogen-bond acceptors (Lipinski definition) is 3. The Bertz CT molecular complexity index is 570. The number of aromatic amines is 1. The fraction of sp³-hybridized carbons (Fsp3) is 0.333. The van der Waals surface area contributed by atoms with E-state index >= 15 is 0 Å². The summed E-state index contributed by atoms with van der Waals surface area (Å²) in [5.41, 5.74) is 5.24. The average molecular weight is 254 g/mol. The minimum atomic E-state index is 0.237. The van der Waals surface area contributed by atoms with Gasteiger partial charge in [-0.15, -0.1) is 0 Å². The van der Waals surface area contributed by atoms with Crippen molar-refractivity contribution in [2.24, 2.45) is 0 Å². The van der Waals surface area contributed by atoms with Crippen LogP contribution in [-0.2, 0) is 6.54 Å². The van der Waals surface area contributed by atoms with Gasteiger partial charge in [-0.2, -0.15) is 10.4 Å². The van der Waals surface area contributed by atoms with Crippen LogP contribution >= 0.6 is 0 Å². The maximum absolute atomic E-state index is 8.78. The normalized spacial score (nSPS) is 12.1. The van der Waals surface area contributed by atoms with Gasteiger partial charge >= 0.3 is 0 Å². The van der Waals surface area contributed by atoms with Crippen LogP contribution in [0.15, 0.2) is 24.3 Å². The summed E-state index contributed by atoms with van der Waals surface area (Å²) in [4.78, 5) is 0. The van der Waals surface area contributed by atoms with E-state index in [9.17, 15) is 0 Å². The minimum absolute atomic E-state index is 0.237. The highest BCUT2D eigenvalue weighted by Crippen LogP contribution is 2.15. The second-order valence-corrected chi connectivity index (χ2v) is 4.75. The number of H-pyrrole nitrogens is 1. The molecule has 2 N–H and O–H groups in total. The summed E-state index contributed by atoms with van der Waals surface area (Å²) in [7, 11) is 0. The number of aromatic nitrogens is 2. The molecule has 0 aliphatic heterocycles. The van der Waals surface area contributed by atoms with Gasteiger partial charge in [-0.05, 0) is 38.5 Å². The van der Waals surface area contributed by atoms with Gasteiger partial charge in [0.05, 0.1) is 17.3 Å². The van der Waals surface area contributed by atoms with Crippen molar-refractivity contribution in [3.05, 3.63) is 52.3 Å². The molecule has 0 spiro atoms. The van der Waals surface area contributed by atoms with Crippen molar-refractivity contribution in [2.45, 2.75) is 33.4 Å². The summed E-state index contributed by atoms with van der Waals surface area (Å²) in [6.07, 6.45) is 0. The maximum Gasteiger partial charge on any atom is 0.0991 e. The van der Waals surface area contributed by atoms with Crippen LogP contribution < -0.4 is 5.32 Å². The largest absolute Gasteiger partial charge is 0.306 e. The molecule has 0 radical (unpaired) electrons. The van der Waals surface area contributed by atoms with Gasteiger partial charge in [-0.3, -0.25) is 5.10 Å². The zero-order chi connectivity index (χ0) is 13.8. The second-order valence-electron chi connectivity index (χ2n) is 4.75. The number of nitrogens with one attached hydrogen (secondary N) is 2. The number of rotatable bonds is 4. The molecule has 1 unspecified atom stereocenters. The molecule has 0 aliphatic carbocycles. The van der Waals surface area contributed by atoms with Crippen molar-refractivity contribution in [3.63, 3.8) is 0 Å². The molecule has 98 valence electrons. The molecule has 19 heavy (non-hydrogen) atoms. The molecule has 2 aromatic rings. The van der Waals surface area contributed by atoms with E-state index in [0.717, 1.165) is 17.9 Å². The topological polar surface area (TPSA) is 64.5 Å². The Balaban J connectivity index is 2.01. The van der Waals surface area contributed by atoms with Crippen molar-refractivity contribution in [1.82, 2.24) is 15.5 Å². The Labute approximate surface area is 113 Å². The Morgan fingerprint density at radius 3 is 2.53 bits per heavy atom. The molecule has 0 aliphatic rings. The van der Waals surface area contributed by atoms with Crippen LogP contribution in [0.5, 0.6) is 0 Å². The maximum atomic E-state index is 8.78. The Morgan fingerprint density at radius 2 is 2.00 bits per heavy atom. The van der Waals surface area contributed by atoms with E-state index in [-0.39, 0.29) is 6.04 Å². The first-order valence-electron chi connectivity index (χ1n) is 6.35. The minimum Gasteiger partial charge on any atom is -0.306 e. The van der Waals surface area contributed by atoms with Crippen molar-refractivity contribution in [1.29, 1.82) is 5.26 Å². The monoisotopic (exact) mass is 254 g/mol. The van der Waals surface area contributed by atoms with Gasteiger partial charge < -0.3 is 5.32 Å². The fourth-order valence-electron chi connectivity index (χ4n) is 2.05. The predicted molar refractivity (Wildman–Crippen MR) is 74.5 cm³/mol. The zero-order valence-corrected chi connectivity index (χ0v) is 11.5. The Hall–Kier alpha value is -2.12. The molecule has 0 bridgehead atoms. The van der Waals surface area contributed by atoms with Gasteiger partial charge in [-0.1, -0.05) is 12.1 Å². The molecule has 0 saturated heterocycles. The van der Waals surface area contributed by atoms with E-state index in [1.54, 1.807) is 0 Å². The van der Waals surface area contributed by atoms with E-state index in [0.29, 0.717) is 5.56 Å².